The molecule has 5 rings (SSSR count). The van der Waals surface area contributed by atoms with Crippen LogP contribution in [-0.2, 0) is 0 Å². The first kappa shape index (κ1) is 20.8. The molecule has 2 bridgehead atoms. The first-order valence-electron chi connectivity index (χ1n) is 10.9. The van der Waals surface area contributed by atoms with Gasteiger partial charge >= 0.3 is 0 Å². The van der Waals surface area contributed by atoms with Gasteiger partial charge in [-0.1, -0.05) is 6.58 Å². The summed E-state index contributed by atoms with van der Waals surface area (Å²) in [6.07, 6.45) is 9.17. The molecule has 4 heterocycles. The second-order valence-corrected chi connectivity index (χ2v) is 9.53. The fourth-order valence-electron chi connectivity index (χ4n) is 5.37. The maximum absolute atomic E-state index is 15.5. The summed E-state index contributed by atoms with van der Waals surface area (Å²) in [4.78, 5) is 8.41. The summed E-state index contributed by atoms with van der Waals surface area (Å²) >= 11 is 0. The van der Waals surface area contributed by atoms with Crippen LogP contribution in [0.5, 0.6) is 5.75 Å². The number of rotatable bonds is 4. The number of phenolic OH excluding ortho intramolecular Hbond substituents is 1. The maximum Gasteiger partial charge on any atom is 0.185 e. The molecule has 8 heteroatoms. The normalized spacial score (nSPS) is 29.6. The lowest BCUT2D eigenvalue weighted by molar-refractivity contribution is -0.00602. The van der Waals surface area contributed by atoms with Crippen LogP contribution in [0.4, 0.5) is 4.39 Å². The van der Waals surface area contributed by atoms with Crippen molar-refractivity contribution >= 4 is 5.57 Å². The molecule has 2 aliphatic heterocycles. The number of imidazole rings is 1. The van der Waals surface area contributed by atoms with Crippen molar-refractivity contribution in [2.75, 3.05) is 0 Å². The average Bonchev–Trinajstić information content (AvgIpc) is 3.31. The molecule has 0 saturated carbocycles. The Morgan fingerprint density at radius 3 is 2.81 bits per heavy atom. The number of benzene rings is 1. The topological polar surface area (TPSA) is 88.8 Å². The van der Waals surface area contributed by atoms with Crippen LogP contribution >= 0.6 is 0 Å². The number of nitrogens with one attached hydrogen (secondary N) is 1. The Kier molecular flexibility index (Phi) is 4.85. The molecule has 1 unspecified atom stereocenters. The summed E-state index contributed by atoms with van der Waals surface area (Å²) < 4.78 is 17.3. The predicted octanol–water partition coefficient (Wildman–Crippen LogP) is 4.09. The van der Waals surface area contributed by atoms with Crippen molar-refractivity contribution in [3.05, 3.63) is 55.4 Å². The number of nitrogens with zero attached hydrogens (tertiary/aromatic N) is 5. The van der Waals surface area contributed by atoms with Gasteiger partial charge < -0.3 is 15.0 Å². The second-order valence-electron chi connectivity index (χ2n) is 9.53. The SMILES string of the molecule is C=C(c1cnc(-c2ccc(-n3ccnc3)cc2O)nn1)C1C[C@@]2(C)CCC[C@](C)(N2)[C@@H]1F. The summed E-state index contributed by atoms with van der Waals surface area (Å²) in [6, 6.07) is 5.20. The summed E-state index contributed by atoms with van der Waals surface area (Å²) in [5, 5.41) is 22.5. The highest BCUT2D eigenvalue weighted by Gasteiger charge is 2.53. The van der Waals surface area contributed by atoms with Crippen molar-refractivity contribution in [3.63, 3.8) is 0 Å². The van der Waals surface area contributed by atoms with E-state index in [0.717, 1.165) is 24.9 Å². The molecule has 3 aromatic rings. The molecule has 2 aliphatic rings. The highest BCUT2D eigenvalue weighted by molar-refractivity contribution is 5.67. The number of fused-ring (bicyclic) bond motifs is 2. The second kappa shape index (κ2) is 7.48. The Bertz CT molecular complexity index is 1150. The molecule has 7 nitrogen and oxygen atoms in total. The Morgan fingerprint density at radius 1 is 1.28 bits per heavy atom. The van der Waals surface area contributed by atoms with Gasteiger partial charge in [0.15, 0.2) is 5.82 Å². The van der Waals surface area contributed by atoms with E-state index in [4.69, 9.17) is 0 Å². The average molecular weight is 435 g/mol. The smallest absolute Gasteiger partial charge is 0.185 e. The summed E-state index contributed by atoms with van der Waals surface area (Å²) in [6.45, 7) is 8.32. The standard InChI is InChI=1S/C24H27FN6O/c1-15(18-12-23(2)7-4-8-24(3,30-23)21(18)25)19-13-27-22(29-28-19)17-6-5-16(11-20(17)32)31-10-9-26-14-31/h5-6,9-11,13-14,18,21,30,32H,1,4,7-8,12H2,2-3H3/t18?,21-,23-,24+/m1/s1. The Hall–Kier alpha value is -3.13. The minimum Gasteiger partial charge on any atom is -0.507 e. The summed E-state index contributed by atoms with van der Waals surface area (Å²) in [5.74, 6) is 0.00549. The zero-order valence-electron chi connectivity index (χ0n) is 18.3. The van der Waals surface area contributed by atoms with Gasteiger partial charge in [-0.15, -0.1) is 10.2 Å². The molecule has 0 aliphatic carbocycles. The van der Waals surface area contributed by atoms with Crippen molar-refractivity contribution in [1.82, 2.24) is 30.0 Å². The summed E-state index contributed by atoms with van der Waals surface area (Å²) in [5.41, 5.74) is 1.70. The molecule has 2 saturated heterocycles. The molecule has 32 heavy (non-hydrogen) atoms. The number of phenols is 1. The lowest BCUT2D eigenvalue weighted by Crippen LogP contribution is -2.68. The van der Waals surface area contributed by atoms with Gasteiger partial charge in [-0.25, -0.2) is 14.4 Å². The van der Waals surface area contributed by atoms with E-state index in [1.807, 2.05) is 13.0 Å². The zero-order valence-corrected chi connectivity index (χ0v) is 18.3. The van der Waals surface area contributed by atoms with Gasteiger partial charge in [0.1, 0.15) is 17.6 Å². The van der Waals surface area contributed by atoms with Crippen LogP contribution in [-0.4, -0.2) is 47.1 Å². The minimum absolute atomic E-state index is 0.0421. The van der Waals surface area contributed by atoms with Crippen molar-refractivity contribution < 1.29 is 9.50 Å². The van der Waals surface area contributed by atoms with Gasteiger partial charge in [-0.05, 0) is 57.2 Å². The van der Waals surface area contributed by atoms with Crippen molar-refractivity contribution in [3.8, 4) is 22.8 Å². The number of aromatic hydroxyl groups is 1. The van der Waals surface area contributed by atoms with E-state index < -0.39 is 11.7 Å². The van der Waals surface area contributed by atoms with Crippen molar-refractivity contribution in [2.45, 2.75) is 56.8 Å². The van der Waals surface area contributed by atoms with Gasteiger partial charge in [-0.3, -0.25) is 0 Å². The predicted molar refractivity (Wildman–Crippen MR) is 120 cm³/mol. The van der Waals surface area contributed by atoms with Gasteiger partial charge in [-0.2, -0.15) is 0 Å². The van der Waals surface area contributed by atoms with Gasteiger partial charge in [0.2, 0.25) is 0 Å². The molecular weight excluding hydrogens is 407 g/mol. The van der Waals surface area contributed by atoms with Gasteiger partial charge in [0.05, 0.1) is 23.8 Å². The largest absolute Gasteiger partial charge is 0.507 e. The van der Waals surface area contributed by atoms with E-state index in [1.165, 1.54) is 0 Å². The van der Waals surface area contributed by atoms with Crippen LogP contribution in [0, 0.1) is 5.92 Å². The molecule has 0 amide bonds. The number of aromatic nitrogens is 5. The van der Waals surface area contributed by atoms with E-state index >= 15 is 4.39 Å². The third kappa shape index (κ3) is 3.48. The molecule has 4 atom stereocenters. The first-order valence-corrected chi connectivity index (χ1v) is 10.9. The fourth-order valence-corrected chi connectivity index (χ4v) is 5.37. The van der Waals surface area contributed by atoms with Crippen molar-refractivity contribution in [1.29, 1.82) is 0 Å². The Labute approximate surface area is 186 Å². The molecule has 2 N–H and O–H groups in total. The first-order chi connectivity index (χ1) is 15.3. The van der Waals surface area contributed by atoms with Crippen LogP contribution in [0.3, 0.4) is 0 Å². The highest BCUT2D eigenvalue weighted by atomic mass is 19.1. The fraction of sp³-hybridized carbons (Fsp3) is 0.417. The number of piperidine rings is 2. The van der Waals surface area contributed by atoms with Crippen LogP contribution in [0.1, 0.15) is 45.2 Å². The molecule has 0 radical (unpaired) electrons. The number of alkyl halides is 1. The quantitative estimate of drug-likeness (QED) is 0.643. The number of allylic oxidation sites excluding steroid dienone is 1. The van der Waals surface area contributed by atoms with E-state index in [1.54, 1.807) is 41.6 Å². The van der Waals surface area contributed by atoms with Crippen molar-refractivity contribution in [2.24, 2.45) is 5.92 Å². The highest BCUT2D eigenvalue weighted by Crippen LogP contribution is 2.47. The van der Waals surface area contributed by atoms with Crippen LogP contribution in [0.25, 0.3) is 22.6 Å². The number of halogens is 1. The molecular formula is C24H27FN6O. The minimum atomic E-state index is -1.05. The maximum atomic E-state index is 15.5. The monoisotopic (exact) mass is 434 g/mol. The Balaban J connectivity index is 1.38. The van der Waals surface area contributed by atoms with E-state index in [2.05, 4.69) is 39.0 Å². The molecule has 2 fully saturated rings. The van der Waals surface area contributed by atoms with Crippen LogP contribution < -0.4 is 5.32 Å². The molecule has 2 aromatic heterocycles. The van der Waals surface area contributed by atoms with E-state index in [-0.39, 0.29) is 17.2 Å². The lowest BCUT2D eigenvalue weighted by atomic mass is 9.64. The zero-order chi connectivity index (χ0) is 22.5. The van der Waals surface area contributed by atoms with E-state index in [9.17, 15) is 5.11 Å². The third-order valence-electron chi connectivity index (χ3n) is 7.01. The Morgan fingerprint density at radius 2 is 2.12 bits per heavy atom. The lowest BCUT2D eigenvalue weighted by Gasteiger charge is -2.55. The molecule has 1 aromatic carbocycles. The van der Waals surface area contributed by atoms with Gasteiger partial charge in [0.25, 0.3) is 0 Å². The van der Waals surface area contributed by atoms with Gasteiger partial charge in [0, 0.05) is 35.5 Å². The molecule has 0 spiro atoms. The van der Waals surface area contributed by atoms with Crippen LogP contribution in [0.15, 0.2) is 49.7 Å². The summed E-state index contributed by atoms with van der Waals surface area (Å²) in [7, 11) is 0. The van der Waals surface area contributed by atoms with E-state index in [0.29, 0.717) is 29.1 Å². The number of hydrogen-bond donors (Lipinski definition) is 2. The number of hydrogen-bond acceptors (Lipinski definition) is 6. The third-order valence-corrected chi connectivity index (χ3v) is 7.01. The molecule has 166 valence electrons. The van der Waals surface area contributed by atoms with Crippen LogP contribution in [0.2, 0.25) is 0 Å².